The molecule has 7 nitrogen and oxygen atoms in total. The van der Waals surface area contributed by atoms with Gasteiger partial charge in [-0.25, -0.2) is 8.42 Å². The molecule has 0 aliphatic rings. The SMILES string of the molecule is CCCNC(=O)C(Cc1ccccc1)N(Cc1cccc(C)c1)C(=O)CN(c1ccccc1Cl)S(=O)(=O)c1ccccc1. The van der Waals surface area contributed by atoms with Crippen molar-refractivity contribution in [1.29, 1.82) is 0 Å². The Bertz CT molecular complexity index is 1630. The van der Waals surface area contributed by atoms with Crippen LogP contribution >= 0.6 is 11.6 Å². The van der Waals surface area contributed by atoms with Crippen LogP contribution in [0.1, 0.15) is 30.0 Å². The summed E-state index contributed by atoms with van der Waals surface area (Å²) < 4.78 is 29.0. The molecule has 9 heteroatoms. The Morgan fingerprint density at radius 2 is 1.47 bits per heavy atom. The van der Waals surface area contributed by atoms with E-state index in [1.165, 1.54) is 17.0 Å². The lowest BCUT2D eigenvalue weighted by Gasteiger charge is -2.34. The van der Waals surface area contributed by atoms with Crippen molar-refractivity contribution in [2.24, 2.45) is 0 Å². The van der Waals surface area contributed by atoms with Crippen LogP contribution in [-0.4, -0.2) is 44.3 Å². The number of anilines is 1. The Balaban J connectivity index is 1.80. The second-order valence-electron chi connectivity index (χ2n) is 10.3. The molecule has 0 heterocycles. The fourth-order valence-corrected chi connectivity index (χ4v) is 6.56. The highest BCUT2D eigenvalue weighted by atomic mass is 35.5. The minimum atomic E-state index is -4.20. The van der Waals surface area contributed by atoms with Gasteiger partial charge in [-0.1, -0.05) is 109 Å². The summed E-state index contributed by atoms with van der Waals surface area (Å²) in [5.74, 6) is -0.838. The number of hydrogen-bond acceptors (Lipinski definition) is 4. The van der Waals surface area contributed by atoms with Gasteiger partial charge in [0.05, 0.1) is 15.6 Å². The number of amides is 2. The number of sulfonamides is 1. The summed E-state index contributed by atoms with van der Waals surface area (Å²) in [6, 6.07) is 30.7. The van der Waals surface area contributed by atoms with Gasteiger partial charge in [0.1, 0.15) is 12.6 Å². The molecule has 0 spiro atoms. The molecule has 2 amide bonds. The smallest absolute Gasteiger partial charge is 0.264 e. The highest BCUT2D eigenvalue weighted by Gasteiger charge is 2.35. The van der Waals surface area contributed by atoms with Crippen molar-refractivity contribution in [3.05, 3.63) is 131 Å². The monoisotopic (exact) mass is 617 g/mol. The fraction of sp³-hybridized carbons (Fsp3) is 0.235. The predicted octanol–water partition coefficient (Wildman–Crippen LogP) is 6.01. The maximum Gasteiger partial charge on any atom is 0.264 e. The van der Waals surface area contributed by atoms with Crippen LogP contribution < -0.4 is 9.62 Å². The van der Waals surface area contributed by atoms with Crippen LogP contribution in [0, 0.1) is 6.92 Å². The van der Waals surface area contributed by atoms with E-state index in [1.807, 2.05) is 68.4 Å². The first kappa shape index (κ1) is 31.8. The molecule has 4 rings (SSSR count). The number of hydrogen-bond donors (Lipinski definition) is 1. The van der Waals surface area contributed by atoms with Crippen molar-refractivity contribution in [3.63, 3.8) is 0 Å². The first-order chi connectivity index (χ1) is 20.7. The molecule has 1 unspecified atom stereocenters. The molecule has 4 aromatic rings. The van der Waals surface area contributed by atoms with Crippen LogP contribution in [0.3, 0.4) is 0 Å². The molecule has 0 aliphatic carbocycles. The number of aryl methyl sites for hydroxylation is 1. The summed E-state index contributed by atoms with van der Waals surface area (Å²) in [6.07, 6.45) is 0.983. The first-order valence-electron chi connectivity index (χ1n) is 14.2. The average molecular weight is 618 g/mol. The van der Waals surface area contributed by atoms with Gasteiger partial charge in [-0.05, 0) is 48.7 Å². The lowest BCUT2D eigenvalue weighted by atomic mass is 10.0. The zero-order chi connectivity index (χ0) is 30.8. The lowest BCUT2D eigenvalue weighted by Crippen LogP contribution is -2.53. The van der Waals surface area contributed by atoms with Crippen LogP contribution in [0.5, 0.6) is 0 Å². The van der Waals surface area contributed by atoms with E-state index in [9.17, 15) is 18.0 Å². The van der Waals surface area contributed by atoms with E-state index in [4.69, 9.17) is 11.6 Å². The van der Waals surface area contributed by atoms with E-state index in [0.717, 1.165) is 27.4 Å². The molecule has 0 bridgehead atoms. The largest absolute Gasteiger partial charge is 0.354 e. The van der Waals surface area contributed by atoms with Gasteiger partial charge in [0.25, 0.3) is 10.0 Å². The van der Waals surface area contributed by atoms with Crippen molar-refractivity contribution < 1.29 is 18.0 Å². The molecule has 1 N–H and O–H groups in total. The van der Waals surface area contributed by atoms with Crippen LogP contribution in [0.25, 0.3) is 0 Å². The van der Waals surface area contributed by atoms with Crippen LogP contribution in [0.2, 0.25) is 5.02 Å². The number of nitrogens with one attached hydrogen (secondary N) is 1. The molecule has 43 heavy (non-hydrogen) atoms. The summed E-state index contributed by atoms with van der Waals surface area (Å²) >= 11 is 6.51. The molecular formula is C34H36ClN3O4S. The van der Waals surface area contributed by atoms with Gasteiger partial charge in [-0.3, -0.25) is 13.9 Å². The number of rotatable bonds is 13. The number of carbonyl (C=O) groups excluding carboxylic acids is 2. The predicted molar refractivity (Wildman–Crippen MR) is 171 cm³/mol. The molecule has 0 aromatic heterocycles. The minimum Gasteiger partial charge on any atom is -0.354 e. The van der Waals surface area contributed by atoms with E-state index >= 15 is 0 Å². The Morgan fingerprint density at radius 1 is 0.837 bits per heavy atom. The van der Waals surface area contributed by atoms with Crippen molar-refractivity contribution in [3.8, 4) is 0 Å². The summed E-state index contributed by atoms with van der Waals surface area (Å²) in [5, 5.41) is 3.13. The number of nitrogens with zero attached hydrogens (tertiary/aromatic N) is 2. The van der Waals surface area contributed by atoms with Gasteiger partial charge in [0.2, 0.25) is 11.8 Å². The topological polar surface area (TPSA) is 86.8 Å². The number of carbonyl (C=O) groups is 2. The maximum atomic E-state index is 14.4. The summed E-state index contributed by atoms with van der Waals surface area (Å²) in [5.41, 5.74) is 2.88. The highest BCUT2D eigenvalue weighted by Crippen LogP contribution is 2.31. The van der Waals surface area contributed by atoms with Crippen molar-refractivity contribution >= 4 is 39.1 Å². The van der Waals surface area contributed by atoms with Crippen LogP contribution in [-0.2, 0) is 32.6 Å². The van der Waals surface area contributed by atoms with Crippen molar-refractivity contribution in [2.75, 3.05) is 17.4 Å². The van der Waals surface area contributed by atoms with Gasteiger partial charge < -0.3 is 10.2 Å². The number of para-hydroxylation sites is 1. The molecular weight excluding hydrogens is 582 g/mol. The Labute approximate surface area is 259 Å². The number of halogens is 1. The van der Waals surface area contributed by atoms with E-state index in [0.29, 0.717) is 6.54 Å². The zero-order valence-corrected chi connectivity index (χ0v) is 25.9. The molecule has 0 saturated heterocycles. The molecule has 0 saturated carbocycles. The van der Waals surface area contributed by atoms with Crippen molar-refractivity contribution in [2.45, 2.75) is 44.2 Å². The maximum absolute atomic E-state index is 14.4. The van der Waals surface area contributed by atoms with E-state index in [2.05, 4.69) is 5.32 Å². The molecule has 0 fully saturated rings. The second kappa shape index (κ2) is 14.8. The molecule has 0 radical (unpaired) electrons. The normalized spacial score (nSPS) is 11.9. The summed E-state index contributed by atoms with van der Waals surface area (Å²) in [7, 11) is -4.20. The fourth-order valence-electron chi connectivity index (χ4n) is 4.81. The Hall–Kier alpha value is -4.14. The Morgan fingerprint density at radius 3 is 2.12 bits per heavy atom. The molecule has 0 aliphatic heterocycles. The summed E-state index contributed by atoms with van der Waals surface area (Å²) in [6.45, 7) is 3.91. The third-order valence-corrected chi connectivity index (χ3v) is 9.08. The standard InChI is InChI=1S/C34H36ClN3O4S/c1-3-21-36-34(40)32(23-27-14-6-4-7-15-27)37(24-28-16-12-13-26(2)22-28)33(39)25-38(31-20-11-10-19-30(31)35)43(41,42)29-17-8-5-9-18-29/h4-20,22,32H,3,21,23-25H2,1-2H3,(H,36,40). The average Bonchev–Trinajstić information content (AvgIpc) is 3.01. The van der Waals surface area contributed by atoms with Crippen molar-refractivity contribution in [1.82, 2.24) is 10.2 Å². The molecule has 4 aromatic carbocycles. The first-order valence-corrected chi connectivity index (χ1v) is 16.0. The van der Waals surface area contributed by atoms with Gasteiger partial charge in [0, 0.05) is 19.5 Å². The molecule has 1 atom stereocenters. The van der Waals surface area contributed by atoms with Crippen LogP contribution in [0.4, 0.5) is 5.69 Å². The van der Waals surface area contributed by atoms with E-state index < -0.39 is 28.5 Å². The van der Waals surface area contributed by atoms with Gasteiger partial charge in [0.15, 0.2) is 0 Å². The van der Waals surface area contributed by atoms with Crippen LogP contribution in [0.15, 0.2) is 114 Å². The lowest BCUT2D eigenvalue weighted by molar-refractivity contribution is -0.140. The van der Waals surface area contributed by atoms with E-state index in [-0.39, 0.29) is 34.5 Å². The Kier molecular flexibility index (Phi) is 11.0. The highest BCUT2D eigenvalue weighted by molar-refractivity contribution is 7.92. The quantitative estimate of drug-likeness (QED) is 0.199. The number of benzene rings is 4. The van der Waals surface area contributed by atoms with Gasteiger partial charge >= 0.3 is 0 Å². The zero-order valence-electron chi connectivity index (χ0n) is 24.3. The third kappa shape index (κ3) is 8.24. The second-order valence-corrected chi connectivity index (χ2v) is 12.6. The minimum absolute atomic E-state index is 0.0227. The summed E-state index contributed by atoms with van der Waals surface area (Å²) in [4.78, 5) is 29.6. The molecule has 224 valence electrons. The van der Waals surface area contributed by atoms with Gasteiger partial charge in [-0.2, -0.15) is 0 Å². The third-order valence-electron chi connectivity index (χ3n) is 6.99. The van der Waals surface area contributed by atoms with E-state index in [1.54, 1.807) is 42.5 Å². The van der Waals surface area contributed by atoms with Gasteiger partial charge in [-0.15, -0.1) is 0 Å².